The fraction of sp³-hybridized carbons (Fsp3) is 0.200. The molecular formula is C25H26N2O7S. The van der Waals surface area contributed by atoms with E-state index < -0.39 is 28.5 Å². The molecule has 3 aromatic rings. The van der Waals surface area contributed by atoms with Crippen LogP contribution in [0.15, 0.2) is 71.6 Å². The number of sulfonamides is 1. The number of ether oxygens (including phenoxy) is 3. The number of aryl methyl sites for hydroxylation is 1. The molecule has 10 heteroatoms. The summed E-state index contributed by atoms with van der Waals surface area (Å²) < 4.78 is 42.7. The second kappa shape index (κ2) is 10.9. The lowest BCUT2D eigenvalue weighted by atomic mass is 10.2. The molecule has 0 fully saturated rings. The first-order chi connectivity index (χ1) is 16.6. The third-order valence-electron chi connectivity index (χ3n) is 5.14. The van der Waals surface area contributed by atoms with Crippen molar-refractivity contribution in [2.45, 2.75) is 11.8 Å². The highest BCUT2D eigenvalue weighted by molar-refractivity contribution is 7.92. The molecule has 0 aliphatic carbocycles. The molecule has 0 bridgehead atoms. The number of methoxy groups -OCH3 is 2. The molecule has 1 N–H and O–H groups in total. The number of nitrogens with zero attached hydrogens (tertiary/aromatic N) is 1. The summed E-state index contributed by atoms with van der Waals surface area (Å²) in [5.41, 5.74) is 1.82. The van der Waals surface area contributed by atoms with Crippen molar-refractivity contribution in [1.82, 2.24) is 0 Å². The zero-order valence-corrected chi connectivity index (χ0v) is 20.6. The van der Waals surface area contributed by atoms with Gasteiger partial charge in [0, 0.05) is 13.1 Å². The number of benzene rings is 3. The van der Waals surface area contributed by atoms with Gasteiger partial charge in [-0.2, -0.15) is 0 Å². The first kappa shape index (κ1) is 25.6. The van der Waals surface area contributed by atoms with Gasteiger partial charge in [0.25, 0.3) is 15.9 Å². The third-order valence-corrected chi connectivity index (χ3v) is 6.92. The predicted molar refractivity (Wildman–Crippen MR) is 132 cm³/mol. The van der Waals surface area contributed by atoms with Gasteiger partial charge in [-0.15, -0.1) is 0 Å². The Hall–Kier alpha value is -4.05. The summed E-state index contributed by atoms with van der Waals surface area (Å²) in [6.07, 6.45) is 0. The molecule has 0 aliphatic heterocycles. The summed E-state index contributed by atoms with van der Waals surface area (Å²) >= 11 is 0. The summed E-state index contributed by atoms with van der Waals surface area (Å²) in [7, 11) is 0.447. The summed E-state index contributed by atoms with van der Waals surface area (Å²) in [6, 6.07) is 17.3. The molecule has 1 amide bonds. The Labute approximate surface area is 204 Å². The van der Waals surface area contributed by atoms with E-state index in [9.17, 15) is 18.0 Å². The van der Waals surface area contributed by atoms with Gasteiger partial charge >= 0.3 is 5.97 Å². The van der Waals surface area contributed by atoms with Crippen LogP contribution in [0, 0.1) is 6.92 Å². The summed E-state index contributed by atoms with van der Waals surface area (Å²) in [5, 5.41) is 2.59. The van der Waals surface area contributed by atoms with Crippen molar-refractivity contribution in [1.29, 1.82) is 0 Å². The molecule has 0 aromatic heterocycles. The molecule has 0 unspecified atom stereocenters. The smallest absolute Gasteiger partial charge is 0.338 e. The zero-order valence-electron chi connectivity index (χ0n) is 19.8. The van der Waals surface area contributed by atoms with Gasteiger partial charge in [-0.3, -0.25) is 9.10 Å². The topological polar surface area (TPSA) is 111 Å². The Morgan fingerprint density at radius 3 is 2.31 bits per heavy atom. The Balaban J connectivity index is 1.69. The van der Waals surface area contributed by atoms with Crippen molar-refractivity contribution < 1.29 is 32.2 Å². The van der Waals surface area contributed by atoms with Gasteiger partial charge in [-0.1, -0.05) is 23.8 Å². The molecular weight excluding hydrogens is 472 g/mol. The lowest BCUT2D eigenvalue weighted by molar-refractivity contribution is -0.119. The molecule has 0 spiro atoms. The van der Waals surface area contributed by atoms with Gasteiger partial charge in [-0.25, -0.2) is 13.2 Å². The van der Waals surface area contributed by atoms with E-state index >= 15 is 0 Å². The minimum absolute atomic E-state index is 0.00450. The van der Waals surface area contributed by atoms with Crippen LogP contribution in [0.25, 0.3) is 0 Å². The number of esters is 1. The first-order valence-electron chi connectivity index (χ1n) is 10.5. The molecule has 0 radical (unpaired) electrons. The summed E-state index contributed by atoms with van der Waals surface area (Å²) in [4.78, 5) is 24.8. The molecule has 0 atom stereocenters. The number of carbonyl (C=O) groups excluding carboxylic acids is 2. The maximum atomic E-state index is 13.1. The summed E-state index contributed by atoms with van der Waals surface area (Å²) in [5.74, 6) is -0.534. The Morgan fingerprint density at radius 1 is 0.943 bits per heavy atom. The van der Waals surface area contributed by atoms with Crippen LogP contribution in [0.5, 0.6) is 11.5 Å². The minimum Gasteiger partial charge on any atom is -0.497 e. The van der Waals surface area contributed by atoms with Crippen LogP contribution in [0.3, 0.4) is 0 Å². The molecule has 35 heavy (non-hydrogen) atoms. The molecule has 3 aromatic carbocycles. The normalized spacial score (nSPS) is 10.9. The van der Waals surface area contributed by atoms with E-state index in [0.717, 1.165) is 9.87 Å². The lowest BCUT2D eigenvalue weighted by Crippen LogP contribution is -2.27. The van der Waals surface area contributed by atoms with E-state index in [1.54, 1.807) is 42.5 Å². The van der Waals surface area contributed by atoms with Crippen LogP contribution in [-0.2, 0) is 19.6 Å². The Morgan fingerprint density at radius 2 is 1.66 bits per heavy atom. The Bertz CT molecular complexity index is 1320. The lowest BCUT2D eigenvalue weighted by Gasteiger charge is -2.20. The number of carbonyl (C=O) groups is 2. The zero-order chi connectivity index (χ0) is 25.6. The van der Waals surface area contributed by atoms with E-state index in [1.165, 1.54) is 45.5 Å². The second-order valence-corrected chi connectivity index (χ2v) is 9.50. The van der Waals surface area contributed by atoms with Gasteiger partial charge in [0.05, 0.1) is 36.1 Å². The van der Waals surface area contributed by atoms with Crippen LogP contribution in [0.2, 0.25) is 0 Å². The van der Waals surface area contributed by atoms with Crippen molar-refractivity contribution >= 4 is 33.3 Å². The molecule has 0 heterocycles. The van der Waals surface area contributed by atoms with Crippen LogP contribution < -0.4 is 19.1 Å². The fourth-order valence-electron chi connectivity index (χ4n) is 3.15. The van der Waals surface area contributed by atoms with Gasteiger partial charge in [0.1, 0.15) is 11.5 Å². The molecule has 184 valence electrons. The van der Waals surface area contributed by atoms with E-state index in [2.05, 4.69) is 5.32 Å². The fourth-order valence-corrected chi connectivity index (χ4v) is 4.39. The van der Waals surface area contributed by atoms with Gasteiger partial charge < -0.3 is 19.5 Å². The van der Waals surface area contributed by atoms with Gasteiger partial charge in [-0.05, 0) is 49.4 Å². The molecule has 0 saturated heterocycles. The first-order valence-corrected chi connectivity index (χ1v) is 11.9. The van der Waals surface area contributed by atoms with Crippen molar-refractivity contribution in [3.8, 4) is 11.5 Å². The number of nitrogens with one attached hydrogen (secondary N) is 1. The highest BCUT2D eigenvalue weighted by atomic mass is 32.2. The van der Waals surface area contributed by atoms with Crippen molar-refractivity contribution in [3.05, 3.63) is 77.9 Å². The predicted octanol–water partition coefficient (Wildman–Crippen LogP) is 3.63. The quantitative estimate of drug-likeness (QED) is 0.449. The van der Waals surface area contributed by atoms with Gasteiger partial charge in [0.15, 0.2) is 6.61 Å². The van der Waals surface area contributed by atoms with Crippen LogP contribution in [0.4, 0.5) is 11.4 Å². The van der Waals surface area contributed by atoms with Crippen molar-refractivity contribution in [2.24, 2.45) is 0 Å². The van der Waals surface area contributed by atoms with E-state index in [4.69, 9.17) is 14.2 Å². The third kappa shape index (κ3) is 6.10. The van der Waals surface area contributed by atoms with Crippen molar-refractivity contribution in [2.75, 3.05) is 37.5 Å². The van der Waals surface area contributed by atoms with Crippen LogP contribution in [-0.4, -0.2) is 48.2 Å². The highest BCUT2D eigenvalue weighted by Crippen LogP contribution is 2.29. The van der Waals surface area contributed by atoms with E-state index in [1.807, 2.05) is 6.92 Å². The number of amides is 1. The number of hydrogen-bond donors (Lipinski definition) is 1. The SMILES string of the molecule is COc1ccc(OC)c(NC(=O)COC(=O)c2cccc(S(=O)(=O)N(C)c3ccc(C)cc3)c2)c1. The number of hydrogen-bond acceptors (Lipinski definition) is 7. The second-order valence-electron chi connectivity index (χ2n) is 7.53. The molecule has 3 rings (SSSR count). The minimum atomic E-state index is -3.93. The average Bonchev–Trinajstić information content (AvgIpc) is 2.87. The van der Waals surface area contributed by atoms with E-state index in [-0.39, 0.29) is 10.5 Å². The van der Waals surface area contributed by atoms with Crippen LogP contribution >= 0.6 is 0 Å². The van der Waals surface area contributed by atoms with Gasteiger partial charge in [0.2, 0.25) is 0 Å². The Kier molecular flexibility index (Phi) is 7.98. The average molecular weight is 499 g/mol. The molecule has 9 nitrogen and oxygen atoms in total. The largest absolute Gasteiger partial charge is 0.497 e. The maximum Gasteiger partial charge on any atom is 0.338 e. The van der Waals surface area contributed by atoms with Crippen molar-refractivity contribution in [3.63, 3.8) is 0 Å². The summed E-state index contributed by atoms with van der Waals surface area (Å²) in [6.45, 7) is 1.32. The number of rotatable bonds is 9. The van der Waals surface area contributed by atoms with Crippen LogP contribution in [0.1, 0.15) is 15.9 Å². The van der Waals surface area contributed by atoms with E-state index in [0.29, 0.717) is 22.9 Å². The monoisotopic (exact) mass is 498 g/mol. The molecule has 0 aliphatic rings. The number of anilines is 2. The highest BCUT2D eigenvalue weighted by Gasteiger charge is 2.23. The maximum absolute atomic E-state index is 13.1. The standard InChI is InChI=1S/C25H26N2O7S/c1-17-8-10-19(11-9-17)27(2)35(30,31)21-7-5-6-18(14-21)25(29)34-16-24(28)26-22-15-20(32-3)12-13-23(22)33-4/h5-15H,16H2,1-4H3,(H,26,28). The molecule has 0 saturated carbocycles.